The van der Waals surface area contributed by atoms with Gasteiger partial charge in [0.05, 0.1) is 4.90 Å². The smallest absolute Gasteiger partial charge is 0.200 e. The highest BCUT2D eigenvalue weighted by atomic mass is 32.2. The summed E-state index contributed by atoms with van der Waals surface area (Å²) in [7, 11) is -1.54. The normalized spacial score (nSPS) is 16.9. The molecule has 0 aliphatic carbocycles. The Morgan fingerprint density at radius 2 is 2.12 bits per heavy atom. The Bertz CT molecular complexity index is 546. The number of hydrogen-bond donors (Lipinski definition) is 2. The first-order chi connectivity index (χ1) is 7.54. The lowest BCUT2D eigenvalue weighted by Crippen LogP contribution is -2.07. The van der Waals surface area contributed by atoms with E-state index in [4.69, 9.17) is 0 Å². The first-order valence-electron chi connectivity index (χ1n) is 4.98. The van der Waals surface area contributed by atoms with Crippen molar-refractivity contribution in [3.63, 3.8) is 0 Å². The molecule has 0 atom stereocenters. The summed E-state index contributed by atoms with van der Waals surface area (Å²) in [5.74, 6) is -0.0226. The second kappa shape index (κ2) is 3.92. The van der Waals surface area contributed by atoms with E-state index in [0.29, 0.717) is 12.0 Å². The van der Waals surface area contributed by atoms with Gasteiger partial charge in [0.15, 0.2) is 0 Å². The van der Waals surface area contributed by atoms with Gasteiger partial charge in [0.2, 0.25) is 9.84 Å². The van der Waals surface area contributed by atoms with Crippen LogP contribution in [0.1, 0.15) is 12.0 Å². The van der Waals surface area contributed by atoms with E-state index >= 15 is 0 Å². The van der Waals surface area contributed by atoms with Crippen molar-refractivity contribution in [1.82, 2.24) is 5.32 Å². The van der Waals surface area contributed by atoms with Crippen molar-refractivity contribution in [3.8, 4) is 5.75 Å². The maximum absolute atomic E-state index is 11.8. The maximum atomic E-state index is 11.8. The van der Waals surface area contributed by atoms with Crippen LogP contribution in [0.15, 0.2) is 28.5 Å². The number of phenols is 1. The third kappa shape index (κ3) is 1.83. The molecule has 1 aromatic rings. The molecule has 0 aromatic heterocycles. The Hall–Kier alpha value is -1.33. The first kappa shape index (κ1) is 11.2. The summed E-state index contributed by atoms with van der Waals surface area (Å²) in [6.45, 7) is 0.724. The fourth-order valence-electron chi connectivity index (χ4n) is 1.78. The molecule has 16 heavy (non-hydrogen) atoms. The molecule has 2 N–H and O–H groups in total. The number of fused-ring (bicyclic) bond motifs is 1. The SMILES string of the molecule is CNCCC1=CS(=O)(=O)c2cc(O)ccc21. The second-order valence-electron chi connectivity index (χ2n) is 3.72. The Kier molecular flexibility index (Phi) is 2.73. The van der Waals surface area contributed by atoms with Gasteiger partial charge < -0.3 is 10.4 Å². The molecule has 0 unspecified atom stereocenters. The van der Waals surface area contributed by atoms with Gasteiger partial charge in [0.25, 0.3) is 0 Å². The predicted molar refractivity (Wildman–Crippen MR) is 61.8 cm³/mol. The van der Waals surface area contributed by atoms with E-state index in [1.165, 1.54) is 17.5 Å². The zero-order valence-electron chi connectivity index (χ0n) is 8.90. The van der Waals surface area contributed by atoms with Crippen molar-refractivity contribution in [2.24, 2.45) is 0 Å². The van der Waals surface area contributed by atoms with Crippen molar-refractivity contribution in [2.45, 2.75) is 11.3 Å². The van der Waals surface area contributed by atoms with Gasteiger partial charge in [-0.1, -0.05) is 0 Å². The van der Waals surface area contributed by atoms with Crippen LogP contribution in [0.25, 0.3) is 5.57 Å². The summed E-state index contributed by atoms with van der Waals surface area (Å²) in [4.78, 5) is 0.207. The lowest BCUT2D eigenvalue weighted by Gasteiger charge is -2.04. The molecule has 86 valence electrons. The Morgan fingerprint density at radius 3 is 2.81 bits per heavy atom. The van der Waals surface area contributed by atoms with Crippen LogP contribution in [-0.2, 0) is 9.84 Å². The minimum absolute atomic E-state index is 0.0226. The fraction of sp³-hybridized carbons (Fsp3) is 0.273. The van der Waals surface area contributed by atoms with E-state index in [1.807, 2.05) is 7.05 Å². The molecule has 0 radical (unpaired) electrons. The number of aromatic hydroxyl groups is 1. The molecule has 5 heteroatoms. The van der Waals surface area contributed by atoms with Gasteiger partial charge in [-0.15, -0.1) is 0 Å². The number of sulfone groups is 1. The average molecular weight is 239 g/mol. The molecule has 0 spiro atoms. The highest BCUT2D eigenvalue weighted by Gasteiger charge is 2.26. The molecule has 1 heterocycles. The molecular formula is C11H13NO3S. The number of rotatable bonds is 3. The fourth-order valence-corrected chi connectivity index (χ4v) is 3.32. The van der Waals surface area contributed by atoms with Crippen molar-refractivity contribution >= 4 is 15.4 Å². The summed E-state index contributed by atoms with van der Waals surface area (Å²) in [6, 6.07) is 4.46. The topological polar surface area (TPSA) is 66.4 Å². The average Bonchev–Trinajstić information content (AvgIpc) is 2.48. The summed E-state index contributed by atoms with van der Waals surface area (Å²) >= 11 is 0. The molecule has 1 aliphatic heterocycles. The van der Waals surface area contributed by atoms with Gasteiger partial charge in [-0.2, -0.15) is 0 Å². The monoisotopic (exact) mass is 239 g/mol. The van der Waals surface area contributed by atoms with Crippen LogP contribution in [0.2, 0.25) is 0 Å². The molecular weight excluding hydrogens is 226 g/mol. The molecule has 0 saturated heterocycles. The highest BCUT2D eigenvalue weighted by Crippen LogP contribution is 2.36. The van der Waals surface area contributed by atoms with Gasteiger partial charge in [0, 0.05) is 5.41 Å². The maximum Gasteiger partial charge on any atom is 0.200 e. The van der Waals surface area contributed by atoms with Crippen LogP contribution in [0, 0.1) is 0 Å². The van der Waals surface area contributed by atoms with Crippen LogP contribution in [0.4, 0.5) is 0 Å². The lowest BCUT2D eigenvalue weighted by molar-refractivity contribution is 0.473. The Morgan fingerprint density at radius 1 is 1.38 bits per heavy atom. The first-order valence-corrected chi connectivity index (χ1v) is 6.53. The third-order valence-electron chi connectivity index (χ3n) is 2.56. The van der Waals surface area contributed by atoms with Crippen LogP contribution >= 0.6 is 0 Å². The number of phenolic OH excluding ortho intramolecular Hbond substituents is 1. The second-order valence-corrected chi connectivity index (χ2v) is 5.49. The van der Waals surface area contributed by atoms with Crippen molar-refractivity contribution in [1.29, 1.82) is 0 Å². The Labute approximate surface area is 94.5 Å². The minimum Gasteiger partial charge on any atom is -0.508 e. The van der Waals surface area contributed by atoms with Gasteiger partial charge in [-0.3, -0.25) is 0 Å². The van der Waals surface area contributed by atoms with Gasteiger partial charge in [-0.25, -0.2) is 8.42 Å². The Balaban J connectivity index is 2.48. The summed E-state index contributed by atoms with van der Waals surface area (Å²) in [5.41, 5.74) is 1.50. The summed E-state index contributed by atoms with van der Waals surface area (Å²) in [5, 5.41) is 13.6. The number of hydrogen-bond acceptors (Lipinski definition) is 4. The standard InChI is InChI=1S/C11H13NO3S/c1-12-5-4-8-7-16(14,15)11-6-9(13)2-3-10(8)11/h2-3,6-7,12-13H,4-5H2,1H3. The quantitative estimate of drug-likeness (QED) is 0.829. The minimum atomic E-state index is -3.36. The van der Waals surface area contributed by atoms with Crippen LogP contribution < -0.4 is 5.32 Å². The molecule has 0 amide bonds. The van der Waals surface area contributed by atoms with E-state index in [-0.39, 0.29) is 10.6 Å². The van der Waals surface area contributed by atoms with E-state index in [9.17, 15) is 13.5 Å². The van der Waals surface area contributed by atoms with Crippen molar-refractivity contribution in [3.05, 3.63) is 29.2 Å². The number of benzene rings is 1. The molecule has 1 aliphatic rings. The van der Waals surface area contributed by atoms with E-state index in [2.05, 4.69) is 5.32 Å². The lowest BCUT2D eigenvalue weighted by atomic mass is 10.0. The van der Waals surface area contributed by atoms with Gasteiger partial charge >= 0.3 is 0 Å². The van der Waals surface area contributed by atoms with Gasteiger partial charge in [0.1, 0.15) is 5.75 Å². The van der Waals surface area contributed by atoms with Crippen molar-refractivity contribution < 1.29 is 13.5 Å². The van der Waals surface area contributed by atoms with Gasteiger partial charge in [-0.05, 0) is 49.3 Å². The molecule has 4 nitrogen and oxygen atoms in total. The van der Waals surface area contributed by atoms with E-state index in [1.54, 1.807) is 6.07 Å². The number of nitrogens with one attached hydrogen (secondary N) is 1. The third-order valence-corrected chi connectivity index (χ3v) is 4.11. The van der Waals surface area contributed by atoms with Crippen LogP contribution in [-0.4, -0.2) is 27.1 Å². The summed E-state index contributed by atoms with van der Waals surface area (Å²) < 4.78 is 23.5. The molecule has 0 saturated carbocycles. The van der Waals surface area contributed by atoms with Crippen LogP contribution in [0.5, 0.6) is 5.75 Å². The molecule has 0 fully saturated rings. The zero-order chi connectivity index (χ0) is 11.8. The van der Waals surface area contributed by atoms with E-state index < -0.39 is 9.84 Å². The predicted octanol–water partition coefficient (Wildman–Crippen LogP) is 1.13. The molecule has 2 rings (SSSR count). The highest BCUT2D eigenvalue weighted by molar-refractivity contribution is 7.95. The molecule has 0 bridgehead atoms. The molecule has 1 aromatic carbocycles. The zero-order valence-corrected chi connectivity index (χ0v) is 9.71. The largest absolute Gasteiger partial charge is 0.508 e. The van der Waals surface area contributed by atoms with Crippen molar-refractivity contribution in [2.75, 3.05) is 13.6 Å². The van der Waals surface area contributed by atoms with Crippen LogP contribution in [0.3, 0.4) is 0 Å². The summed E-state index contributed by atoms with van der Waals surface area (Å²) in [6.07, 6.45) is 0.660. The van der Waals surface area contributed by atoms with E-state index in [0.717, 1.165) is 12.1 Å².